The monoisotopic (exact) mass is 278 g/mol. The number of anilines is 2. The Balaban J connectivity index is 2.52. The number of nitrogens with zero attached hydrogens (tertiary/aromatic N) is 3. The zero-order valence-electron chi connectivity index (χ0n) is 10.4. The topological polar surface area (TPSA) is 89.2 Å². The second kappa shape index (κ2) is 5.23. The van der Waals surface area contributed by atoms with Crippen LogP contribution in [0.2, 0.25) is 0 Å². The van der Waals surface area contributed by atoms with Gasteiger partial charge in [-0.3, -0.25) is 9.29 Å². The van der Waals surface area contributed by atoms with Gasteiger partial charge in [0.1, 0.15) is 10.7 Å². The molecule has 6 nitrogen and oxygen atoms in total. The summed E-state index contributed by atoms with van der Waals surface area (Å²) in [6, 6.07) is 6.26. The molecule has 0 radical (unpaired) electrons. The summed E-state index contributed by atoms with van der Waals surface area (Å²) in [5.41, 5.74) is 6.19. The molecule has 0 bridgehead atoms. The fourth-order valence-corrected chi connectivity index (χ4v) is 3.29. The Morgan fingerprint density at radius 2 is 1.89 bits per heavy atom. The normalized spacial score (nSPS) is 11.2. The van der Waals surface area contributed by atoms with E-state index >= 15 is 0 Å². The van der Waals surface area contributed by atoms with E-state index in [1.54, 1.807) is 37.5 Å². The van der Waals surface area contributed by atoms with Gasteiger partial charge in [0, 0.05) is 25.1 Å². The third-order valence-corrected chi connectivity index (χ3v) is 4.56. The van der Waals surface area contributed by atoms with Crippen molar-refractivity contribution in [2.75, 3.05) is 16.6 Å². The van der Waals surface area contributed by atoms with Crippen molar-refractivity contribution < 1.29 is 8.42 Å². The predicted octanol–water partition coefficient (Wildman–Crippen LogP) is 1.27. The molecule has 0 fully saturated rings. The number of hydrogen-bond acceptors (Lipinski definition) is 5. The number of pyridine rings is 2. The lowest BCUT2D eigenvalue weighted by atomic mass is 10.4. The van der Waals surface area contributed by atoms with Crippen LogP contribution in [0.1, 0.15) is 6.92 Å². The number of sulfonamides is 1. The summed E-state index contributed by atoms with van der Waals surface area (Å²) < 4.78 is 26.4. The fraction of sp³-hybridized carbons (Fsp3) is 0.167. The molecule has 2 N–H and O–H groups in total. The van der Waals surface area contributed by atoms with Gasteiger partial charge in [-0.1, -0.05) is 0 Å². The first kappa shape index (κ1) is 13.3. The molecule has 0 saturated carbocycles. The van der Waals surface area contributed by atoms with Gasteiger partial charge in [-0.05, 0) is 31.2 Å². The van der Waals surface area contributed by atoms with Gasteiger partial charge >= 0.3 is 0 Å². The summed E-state index contributed by atoms with van der Waals surface area (Å²) in [4.78, 5) is 7.70. The number of nitrogens with two attached hydrogens (primary N) is 1. The highest BCUT2D eigenvalue weighted by molar-refractivity contribution is 7.93. The minimum absolute atomic E-state index is 0.00462. The summed E-state index contributed by atoms with van der Waals surface area (Å²) in [6.45, 7) is 2.05. The van der Waals surface area contributed by atoms with Crippen LogP contribution in [0, 0.1) is 0 Å². The molecule has 2 heterocycles. The summed E-state index contributed by atoms with van der Waals surface area (Å²) in [6.07, 6.45) is 4.54. The van der Waals surface area contributed by atoms with Crippen molar-refractivity contribution in [3.63, 3.8) is 0 Å². The van der Waals surface area contributed by atoms with E-state index in [1.807, 2.05) is 0 Å². The number of aromatic nitrogens is 2. The van der Waals surface area contributed by atoms with Crippen LogP contribution in [0.5, 0.6) is 0 Å². The molecule has 100 valence electrons. The number of hydrogen-bond donors (Lipinski definition) is 1. The lowest BCUT2D eigenvalue weighted by molar-refractivity contribution is 0.592. The lowest BCUT2D eigenvalue weighted by Crippen LogP contribution is -2.31. The molecule has 0 aromatic carbocycles. The molecule has 0 saturated heterocycles. The van der Waals surface area contributed by atoms with Gasteiger partial charge in [0.25, 0.3) is 10.0 Å². The first-order valence-electron chi connectivity index (χ1n) is 5.70. The van der Waals surface area contributed by atoms with E-state index in [1.165, 1.54) is 16.6 Å². The van der Waals surface area contributed by atoms with E-state index in [4.69, 9.17) is 5.73 Å². The van der Waals surface area contributed by atoms with Gasteiger partial charge in [0.2, 0.25) is 0 Å². The molecule has 2 rings (SSSR count). The summed E-state index contributed by atoms with van der Waals surface area (Å²) in [7, 11) is -3.72. The fourth-order valence-electron chi connectivity index (χ4n) is 1.74. The summed E-state index contributed by atoms with van der Waals surface area (Å²) in [5, 5.41) is 0. The molecule has 19 heavy (non-hydrogen) atoms. The Hall–Kier alpha value is -2.15. The lowest BCUT2D eigenvalue weighted by Gasteiger charge is -2.23. The number of nitrogen functional groups attached to an aromatic ring is 1. The molecule has 2 aromatic heterocycles. The zero-order chi connectivity index (χ0) is 13.9. The second-order valence-corrected chi connectivity index (χ2v) is 5.59. The van der Waals surface area contributed by atoms with Gasteiger partial charge < -0.3 is 5.73 Å². The van der Waals surface area contributed by atoms with Crippen molar-refractivity contribution >= 4 is 21.5 Å². The maximum Gasteiger partial charge on any atom is 0.267 e. The van der Waals surface area contributed by atoms with Gasteiger partial charge in [-0.15, -0.1) is 0 Å². The average Bonchev–Trinajstić information content (AvgIpc) is 2.40. The molecule has 0 atom stereocenters. The van der Waals surface area contributed by atoms with Crippen LogP contribution in [0.15, 0.2) is 47.8 Å². The van der Waals surface area contributed by atoms with Gasteiger partial charge in [-0.2, -0.15) is 0 Å². The minimum Gasteiger partial charge on any atom is -0.383 e. The second-order valence-electron chi connectivity index (χ2n) is 3.76. The van der Waals surface area contributed by atoms with Crippen LogP contribution < -0.4 is 10.0 Å². The maximum absolute atomic E-state index is 12.6. The highest BCUT2D eigenvalue weighted by Crippen LogP contribution is 2.25. The van der Waals surface area contributed by atoms with Crippen LogP contribution in [0.25, 0.3) is 0 Å². The third-order valence-electron chi connectivity index (χ3n) is 2.61. The summed E-state index contributed by atoms with van der Waals surface area (Å²) >= 11 is 0. The highest BCUT2D eigenvalue weighted by atomic mass is 32.2. The quantitative estimate of drug-likeness (QED) is 0.909. The molecule has 0 aliphatic carbocycles. The van der Waals surface area contributed by atoms with Gasteiger partial charge in [0.15, 0.2) is 0 Å². The van der Waals surface area contributed by atoms with E-state index in [0.717, 1.165) is 0 Å². The molecule has 0 unspecified atom stereocenters. The molecule has 0 amide bonds. The van der Waals surface area contributed by atoms with E-state index in [2.05, 4.69) is 9.97 Å². The van der Waals surface area contributed by atoms with Crippen LogP contribution >= 0.6 is 0 Å². The predicted molar refractivity (Wildman–Crippen MR) is 73.1 cm³/mol. The molecule has 0 aliphatic heterocycles. The van der Waals surface area contributed by atoms with E-state index in [0.29, 0.717) is 12.2 Å². The van der Waals surface area contributed by atoms with E-state index in [-0.39, 0.29) is 10.7 Å². The highest BCUT2D eigenvalue weighted by Gasteiger charge is 2.25. The molecular weight excluding hydrogens is 264 g/mol. The average molecular weight is 278 g/mol. The van der Waals surface area contributed by atoms with Gasteiger partial charge in [0.05, 0.1) is 5.69 Å². The minimum atomic E-state index is -3.72. The van der Waals surface area contributed by atoms with Crippen LogP contribution in [0.4, 0.5) is 11.5 Å². The smallest absolute Gasteiger partial charge is 0.267 e. The summed E-state index contributed by atoms with van der Waals surface area (Å²) in [5.74, 6) is -0.00462. The molecule has 0 aliphatic rings. The Bertz CT molecular complexity index is 658. The maximum atomic E-state index is 12.6. The van der Waals surface area contributed by atoms with Crippen LogP contribution in [-0.4, -0.2) is 24.9 Å². The molecular formula is C12H14N4O2S. The zero-order valence-corrected chi connectivity index (χ0v) is 11.2. The van der Waals surface area contributed by atoms with Crippen LogP contribution in [-0.2, 0) is 10.0 Å². The Labute approximate surface area is 112 Å². The third kappa shape index (κ3) is 2.50. The van der Waals surface area contributed by atoms with Gasteiger partial charge in [-0.25, -0.2) is 13.4 Å². The first-order valence-corrected chi connectivity index (χ1v) is 7.14. The van der Waals surface area contributed by atoms with Crippen molar-refractivity contribution in [3.8, 4) is 0 Å². The first-order chi connectivity index (χ1) is 9.07. The Morgan fingerprint density at radius 1 is 1.21 bits per heavy atom. The largest absolute Gasteiger partial charge is 0.383 e. The van der Waals surface area contributed by atoms with E-state index in [9.17, 15) is 8.42 Å². The number of rotatable bonds is 4. The molecule has 2 aromatic rings. The Kier molecular flexibility index (Phi) is 3.66. The Morgan fingerprint density at radius 3 is 2.47 bits per heavy atom. The SMILES string of the molecule is CCN(c1ccncc1)S(=O)(=O)c1cccnc1N. The van der Waals surface area contributed by atoms with E-state index < -0.39 is 10.0 Å². The van der Waals surface area contributed by atoms with Crippen molar-refractivity contribution in [1.82, 2.24) is 9.97 Å². The van der Waals surface area contributed by atoms with Crippen LogP contribution in [0.3, 0.4) is 0 Å². The van der Waals surface area contributed by atoms with Crippen molar-refractivity contribution in [3.05, 3.63) is 42.9 Å². The standard InChI is InChI=1S/C12H14N4O2S/c1-2-16(10-5-8-14-9-6-10)19(17,18)11-4-3-7-15-12(11)13/h3-9H,2H2,1H3,(H2,13,15). The van der Waals surface area contributed by atoms with Crippen molar-refractivity contribution in [2.45, 2.75) is 11.8 Å². The van der Waals surface area contributed by atoms with Crippen molar-refractivity contribution in [1.29, 1.82) is 0 Å². The van der Waals surface area contributed by atoms with Crippen molar-refractivity contribution in [2.24, 2.45) is 0 Å². The molecule has 7 heteroatoms. The molecule has 0 spiro atoms.